The molecule has 96 valence electrons. The average molecular weight is 280 g/mol. The van der Waals surface area contributed by atoms with Gasteiger partial charge in [0.2, 0.25) is 0 Å². The monoisotopic (exact) mass is 280 g/mol. The van der Waals surface area contributed by atoms with Gasteiger partial charge in [-0.05, 0) is 6.08 Å². The summed E-state index contributed by atoms with van der Waals surface area (Å²) in [5.41, 5.74) is 0. The number of aliphatic hydroxyl groups excluding tert-OH is 2. The summed E-state index contributed by atoms with van der Waals surface area (Å²) < 4.78 is 43.8. The molecule has 1 saturated carbocycles. The number of hydrogen-bond donors (Lipinski definition) is 2. The van der Waals surface area contributed by atoms with E-state index in [4.69, 9.17) is 0 Å². The van der Waals surface area contributed by atoms with E-state index in [0.717, 1.165) is 5.41 Å². The van der Waals surface area contributed by atoms with Gasteiger partial charge in [0.25, 0.3) is 0 Å². The van der Waals surface area contributed by atoms with Crippen molar-refractivity contribution in [2.75, 3.05) is 5.75 Å². The highest BCUT2D eigenvalue weighted by atomic mass is 32.2. The van der Waals surface area contributed by atoms with Crippen LogP contribution in [0.4, 0.5) is 0 Å². The summed E-state index contributed by atoms with van der Waals surface area (Å²) in [5, 5.41) is 20.9. The lowest BCUT2D eigenvalue weighted by atomic mass is 10.2. The van der Waals surface area contributed by atoms with E-state index in [2.05, 4.69) is 6.58 Å². The lowest BCUT2D eigenvalue weighted by molar-refractivity contribution is 0.141. The quantitative estimate of drug-likeness (QED) is 0.654. The number of sulfone groups is 2. The van der Waals surface area contributed by atoms with Crippen LogP contribution in [-0.2, 0) is 19.7 Å². The zero-order valence-electron chi connectivity index (χ0n) is 8.72. The summed E-state index contributed by atoms with van der Waals surface area (Å²) in [6, 6.07) is 0. The van der Waals surface area contributed by atoms with Crippen LogP contribution in [-0.4, -0.2) is 49.8 Å². The molecule has 1 aliphatic heterocycles. The smallest absolute Gasteiger partial charge is 0.183 e. The molecule has 17 heavy (non-hydrogen) atoms. The summed E-state index contributed by atoms with van der Waals surface area (Å²) in [7, 11) is -7.20. The molecule has 0 radical (unpaired) electrons. The molecule has 4 atom stereocenters. The van der Waals surface area contributed by atoms with Crippen molar-refractivity contribution in [1.29, 1.82) is 0 Å². The predicted octanol–water partition coefficient (Wildman–Crippen LogP) is -1.42. The highest BCUT2D eigenvalue weighted by molar-refractivity contribution is 7.97. The van der Waals surface area contributed by atoms with Crippen LogP contribution >= 0.6 is 0 Å². The Morgan fingerprint density at radius 1 is 1.53 bits per heavy atom. The minimum atomic E-state index is -3.63. The van der Waals surface area contributed by atoms with E-state index in [1.807, 2.05) is 0 Å². The highest BCUT2D eigenvalue weighted by Crippen LogP contribution is 2.58. The number of hydrogen-bond acceptors (Lipinski definition) is 6. The van der Waals surface area contributed by atoms with Gasteiger partial charge in [-0.3, -0.25) is 0 Å². The van der Waals surface area contributed by atoms with Crippen molar-refractivity contribution in [3.05, 3.63) is 23.5 Å². The average Bonchev–Trinajstić information content (AvgIpc) is 2.85. The summed E-state index contributed by atoms with van der Waals surface area (Å²) in [6.07, 6.45) is -1.37. The van der Waals surface area contributed by atoms with E-state index in [-0.39, 0.29) is 0 Å². The van der Waals surface area contributed by atoms with Crippen LogP contribution in [0, 0.1) is 5.92 Å². The molecule has 1 aliphatic carbocycles. The third-order valence-electron chi connectivity index (χ3n) is 3.29. The van der Waals surface area contributed by atoms with E-state index in [0.29, 0.717) is 5.41 Å². The van der Waals surface area contributed by atoms with Crippen molar-refractivity contribution in [1.82, 2.24) is 0 Å². The highest BCUT2D eigenvalue weighted by Gasteiger charge is 2.76. The lowest BCUT2D eigenvalue weighted by Gasteiger charge is -2.20. The second-order valence-corrected chi connectivity index (χ2v) is 8.30. The third-order valence-corrected chi connectivity index (χ3v) is 6.73. The Morgan fingerprint density at radius 3 is 2.41 bits per heavy atom. The summed E-state index contributed by atoms with van der Waals surface area (Å²) in [6.45, 7) is 3.09. The van der Waals surface area contributed by atoms with E-state index in [1.54, 1.807) is 0 Å². The Hall–Kier alpha value is -0.700. The van der Waals surface area contributed by atoms with Crippen molar-refractivity contribution in [2.24, 2.45) is 5.92 Å². The van der Waals surface area contributed by atoms with Gasteiger partial charge < -0.3 is 10.2 Å². The molecule has 6 nitrogen and oxygen atoms in total. The normalized spacial score (nSPS) is 39.6. The maximum Gasteiger partial charge on any atom is 0.183 e. The van der Waals surface area contributed by atoms with Gasteiger partial charge >= 0.3 is 0 Å². The molecule has 2 rings (SSSR count). The van der Waals surface area contributed by atoms with Crippen molar-refractivity contribution < 1.29 is 27.0 Å². The molecule has 4 unspecified atom stereocenters. The van der Waals surface area contributed by atoms with Crippen molar-refractivity contribution in [2.45, 2.75) is 17.0 Å². The SMILES string of the molecule is C=CS(=O)(=O)CC(O)C1C(O)C12C=CS2(=O)=O. The van der Waals surface area contributed by atoms with Crippen LogP contribution in [0.2, 0.25) is 0 Å². The van der Waals surface area contributed by atoms with Crippen LogP contribution in [0.25, 0.3) is 0 Å². The molecule has 0 aromatic carbocycles. The third kappa shape index (κ3) is 1.59. The Balaban J connectivity index is 2.19. The Labute approximate surface area is 99.1 Å². The van der Waals surface area contributed by atoms with Crippen LogP contribution in [0.1, 0.15) is 0 Å². The van der Waals surface area contributed by atoms with Crippen molar-refractivity contribution in [3.63, 3.8) is 0 Å². The summed E-state index contributed by atoms with van der Waals surface area (Å²) in [5.74, 6) is -1.62. The molecule has 2 aliphatic rings. The zero-order valence-corrected chi connectivity index (χ0v) is 10.4. The first-order valence-electron chi connectivity index (χ1n) is 4.83. The van der Waals surface area contributed by atoms with Crippen molar-refractivity contribution in [3.8, 4) is 0 Å². The summed E-state index contributed by atoms with van der Waals surface area (Å²) in [4.78, 5) is 0. The van der Waals surface area contributed by atoms with Crippen LogP contribution in [0.3, 0.4) is 0 Å². The molecule has 2 N–H and O–H groups in total. The maximum atomic E-state index is 11.4. The fourth-order valence-electron chi connectivity index (χ4n) is 2.22. The molecule has 0 bridgehead atoms. The topological polar surface area (TPSA) is 109 Å². The van der Waals surface area contributed by atoms with Gasteiger partial charge in [0.1, 0.15) is 4.75 Å². The van der Waals surface area contributed by atoms with Gasteiger partial charge in [0, 0.05) is 16.7 Å². The van der Waals surface area contributed by atoms with E-state index in [9.17, 15) is 27.0 Å². The Bertz CT molecular complexity index is 587. The first-order valence-corrected chi connectivity index (χ1v) is 8.09. The van der Waals surface area contributed by atoms with E-state index < -0.39 is 48.3 Å². The predicted molar refractivity (Wildman–Crippen MR) is 60.3 cm³/mol. The first kappa shape index (κ1) is 12.7. The molecule has 1 heterocycles. The molecular formula is C9H12O6S2. The fraction of sp³-hybridized carbons (Fsp3) is 0.556. The zero-order chi connectivity index (χ0) is 13.1. The van der Waals surface area contributed by atoms with Gasteiger partial charge in [-0.2, -0.15) is 0 Å². The summed E-state index contributed by atoms with van der Waals surface area (Å²) >= 11 is 0. The van der Waals surface area contributed by atoms with Gasteiger partial charge in [-0.15, -0.1) is 0 Å². The van der Waals surface area contributed by atoms with E-state index >= 15 is 0 Å². The molecular weight excluding hydrogens is 268 g/mol. The van der Waals surface area contributed by atoms with Gasteiger partial charge in [0.05, 0.1) is 18.0 Å². The van der Waals surface area contributed by atoms with E-state index in [1.165, 1.54) is 6.08 Å². The van der Waals surface area contributed by atoms with Gasteiger partial charge in [-0.25, -0.2) is 16.8 Å². The molecule has 0 saturated heterocycles. The minimum Gasteiger partial charge on any atom is -0.392 e. The number of aliphatic hydroxyl groups is 2. The molecule has 1 spiro atoms. The maximum absolute atomic E-state index is 11.4. The molecule has 1 fully saturated rings. The standard InChI is InChI=1S/C9H12O6S2/c1-2-16(12,13)5-6(10)7-8(11)9(7)3-4-17(9,14)15/h2-4,6-8,10-11H,1,5H2. The number of rotatable bonds is 4. The second kappa shape index (κ2) is 3.41. The Kier molecular flexibility index (Phi) is 2.56. The van der Waals surface area contributed by atoms with Gasteiger partial charge in [0.15, 0.2) is 19.7 Å². The van der Waals surface area contributed by atoms with Crippen LogP contribution in [0.5, 0.6) is 0 Å². The van der Waals surface area contributed by atoms with Gasteiger partial charge in [-0.1, -0.05) is 6.58 Å². The first-order chi connectivity index (χ1) is 7.68. The fourth-order valence-corrected chi connectivity index (χ4v) is 4.79. The molecule has 0 amide bonds. The lowest BCUT2D eigenvalue weighted by Crippen LogP contribution is -2.35. The molecule has 0 aromatic rings. The minimum absolute atomic E-state index is 0.636. The second-order valence-electron chi connectivity index (χ2n) is 4.24. The Morgan fingerprint density at radius 2 is 2.12 bits per heavy atom. The molecule has 8 heteroatoms. The van der Waals surface area contributed by atoms with Crippen LogP contribution in [0.15, 0.2) is 23.5 Å². The molecule has 0 aromatic heterocycles. The largest absolute Gasteiger partial charge is 0.392 e. The van der Waals surface area contributed by atoms with Crippen molar-refractivity contribution >= 4 is 19.7 Å². The van der Waals surface area contributed by atoms with Crippen LogP contribution < -0.4 is 0 Å².